The highest BCUT2D eigenvalue weighted by atomic mass is 16.6. The first kappa shape index (κ1) is 52.9. The van der Waals surface area contributed by atoms with E-state index in [0.717, 1.165) is 57.8 Å². The van der Waals surface area contributed by atoms with Gasteiger partial charge >= 0.3 is 11.9 Å². The molecule has 0 fully saturated rings. The van der Waals surface area contributed by atoms with E-state index in [1.54, 1.807) is 0 Å². The van der Waals surface area contributed by atoms with Crippen LogP contribution in [-0.4, -0.2) is 36.4 Å². The lowest BCUT2D eigenvalue weighted by Gasteiger charge is -2.15. The molecule has 1 unspecified atom stereocenters. The van der Waals surface area contributed by atoms with Gasteiger partial charge in [-0.2, -0.15) is 0 Å². The molecule has 55 heavy (non-hydrogen) atoms. The van der Waals surface area contributed by atoms with Crippen LogP contribution in [0, 0.1) is 0 Å². The van der Waals surface area contributed by atoms with Gasteiger partial charge in [0, 0.05) is 12.8 Å². The van der Waals surface area contributed by atoms with Crippen LogP contribution in [0.15, 0.2) is 48.6 Å². The largest absolute Gasteiger partial charge is 0.462 e. The van der Waals surface area contributed by atoms with Gasteiger partial charge in [-0.25, -0.2) is 0 Å². The Kier molecular flexibility index (Phi) is 44.4. The van der Waals surface area contributed by atoms with E-state index in [2.05, 4.69) is 62.5 Å². The molecule has 1 atom stereocenters. The van der Waals surface area contributed by atoms with Gasteiger partial charge in [-0.1, -0.05) is 204 Å². The van der Waals surface area contributed by atoms with Gasteiger partial charge in [0.25, 0.3) is 0 Å². The molecule has 0 aromatic rings. The van der Waals surface area contributed by atoms with Crippen molar-refractivity contribution in [2.45, 2.75) is 245 Å². The van der Waals surface area contributed by atoms with Crippen LogP contribution < -0.4 is 0 Å². The molecule has 0 aromatic heterocycles. The lowest BCUT2D eigenvalue weighted by molar-refractivity contribution is -0.161. The topological polar surface area (TPSA) is 72.8 Å². The van der Waals surface area contributed by atoms with Crippen molar-refractivity contribution in [3.63, 3.8) is 0 Å². The van der Waals surface area contributed by atoms with E-state index in [-0.39, 0.29) is 25.2 Å². The van der Waals surface area contributed by atoms with Crippen LogP contribution in [0.1, 0.15) is 239 Å². The van der Waals surface area contributed by atoms with Crippen LogP contribution in [0.3, 0.4) is 0 Å². The van der Waals surface area contributed by atoms with Crippen molar-refractivity contribution < 1.29 is 24.2 Å². The number of aliphatic hydroxyl groups excluding tert-OH is 1. The molecule has 5 nitrogen and oxygen atoms in total. The van der Waals surface area contributed by atoms with Crippen LogP contribution in [0.2, 0.25) is 0 Å². The predicted molar refractivity (Wildman–Crippen MR) is 237 cm³/mol. The minimum absolute atomic E-state index is 0.0722. The summed E-state index contributed by atoms with van der Waals surface area (Å²) in [5.74, 6) is -0.602. The first-order valence-electron chi connectivity index (χ1n) is 23.7. The summed E-state index contributed by atoms with van der Waals surface area (Å²) in [6, 6.07) is 0. The van der Waals surface area contributed by atoms with Crippen molar-refractivity contribution in [2.75, 3.05) is 13.2 Å². The van der Waals surface area contributed by atoms with Crippen LogP contribution in [0.4, 0.5) is 0 Å². The molecule has 5 heteroatoms. The van der Waals surface area contributed by atoms with Gasteiger partial charge in [-0.15, -0.1) is 0 Å². The average molecular weight is 771 g/mol. The van der Waals surface area contributed by atoms with E-state index in [1.807, 2.05) is 0 Å². The smallest absolute Gasteiger partial charge is 0.306 e. The molecule has 0 saturated heterocycles. The van der Waals surface area contributed by atoms with Gasteiger partial charge in [0.15, 0.2) is 6.10 Å². The Morgan fingerprint density at radius 2 is 0.745 bits per heavy atom. The summed E-state index contributed by atoms with van der Waals surface area (Å²) >= 11 is 0. The number of ether oxygens (including phenoxy) is 2. The van der Waals surface area contributed by atoms with Gasteiger partial charge < -0.3 is 14.6 Å². The Hall–Kier alpha value is -2.14. The second-order valence-corrected chi connectivity index (χ2v) is 15.8. The van der Waals surface area contributed by atoms with Gasteiger partial charge in [-0.05, 0) is 70.6 Å². The zero-order chi connectivity index (χ0) is 40.0. The lowest BCUT2D eigenvalue weighted by atomic mass is 10.0. The molecule has 1 N–H and O–H groups in total. The highest BCUT2D eigenvalue weighted by Crippen LogP contribution is 2.15. The fraction of sp³-hybridized carbons (Fsp3) is 0.800. The molecule has 0 heterocycles. The molecule has 0 aromatic carbocycles. The summed E-state index contributed by atoms with van der Waals surface area (Å²) in [5, 5.41) is 9.59. The molecule has 0 aliphatic heterocycles. The van der Waals surface area contributed by atoms with E-state index in [0.29, 0.717) is 12.8 Å². The summed E-state index contributed by atoms with van der Waals surface area (Å²) in [5.41, 5.74) is 0. The zero-order valence-electron chi connectivity index (χ0n) is 36.4. The third-order valence-corrected chi connectivity index (χ3v) is 10.3. The van der Waals surface area contributed by atoms with E-state index in [9.17, 15) is 14.7 Å². The summed E-state index contributed by atoms with van der Waals surface area (Å²) in [4.78, 5) is 24.3. The number of allylic oxidation sites excluding steroid dienone is 8. The van der Waals surface area contributed by atoms with Crippen LogP contribution >= 0.6 is 0 Å². The van der Waals surface area contributed by atoms with E-state index >= 15 is 0 Å². The summed E-state index contributed by atoms with van der Waals surface area (Å²) in [6.07, 6.45) is 59.1. The highest BCUT2D eigenvalue weighted by Gasteiger charge is 2.16. The minimum Gasteiger partial charge on any atom is -0.462 e. The second kappa shape index (κ2) is 46.2. The Morgan fingerprint density at radius 1 is 0.418 bits per heavy atom. The number of unbranched alkanes of at least 4 members (excludes halogenated alkanes) is 27. The zero-order valence-corrected chi connectivity index (χ0v) is 36.4. The Morgan fingerprint density at radius 3 is 1.13 bits per heavy atom. The normalized spacial score (nSPS) is 12.6. The third kappa shape index (κ3) is 44.4. The number of aliphatic hydroxyl groups is 1. The highest BCUT2D eigenvalue weighted by molar-refractivity contribution is 5.70. The van der Waals surface area contributed by atoms with Crippen molar-refractivity contribution in [2.24, 2.45) is 0 Å². The van der Waals surface area contributed by atoms with Crippen molar-refractivity contribution in [3.8, 4) is 0 Å². The number of carbonyl (C=O) groups is 2. The molecule has 0 amide bonds. The maximum absolute atomic E-state index is 12.2. The Balaban J connectivity index is 3.48. The first-order valence-corrected chi connectivity index (χ1v) is 23.7. The Labute approximate surface area is 341 Å². The van der Waals surface area contributed by atoms with Crippen molar-refractivity contribution in [3.05, 3.63) is 48.6 Å². The molecule has 0 aliphatic rings. The van der Waals surface area contributed by atoms with E-state index in [4.69, 9.17) is 9.47 Å². The van der Waals surface area contributed by atoms with Crippen LogP contribution in [-0.2, 0) is 19.1 Å². The molecular formula is C50H90O5. The van der Waals surface area contributed by atoms with Crippen molar-refractivity contribution >= 4 is 11.9 Å². The number of hydrogen-bond donors (Lipinski definition) is 1. The second-order valence-electron chi connectivity index (χ2n) is 15.8. The number of esters is 2. The molecule has 0 spiro atoms. The summed E-state index contributed by atoms with van der Waals surface area (Å²) < 4.78 is 10.6. The van der Waals surface area contributed by atoms with Gasteiger partial charge in [-0.3, -0.25) is 9.59 Å². The monoisotopic (exact) mass is 771 g/mol. The van der Waals surface area contributed by atoms with Crippen LogP contribution in [0.25, 0.3) is 0 Å². The maximum Gasteiger partial charge on any atom is 0.306 e. The lowest BCUT2D eigenvalue weighted by Crippen LogP contribution is -2.28. The molecule has 0 radical (unpaired) electrons. The number of carbonyl (C=O) groups excluding carboxylic acids is 2. The van der Waals surface area contributed by atoms with Crippen molar-refractivity contribution in [1.29, 1.82) is 0 Å². The predicted octanol–water partition coefficient (Wildman–Crippen LogP) is 15.4. The number of rotatable bonds is 43. The fourth-order valence-electron chi connectivity index (χ4n) is 6.72. The minimum atomic E-state index is -0.777. The number of hydrogen-bond acceptors (Lipinski definition) is 5. The van der Waals surface area contributed by atoms with E-state index < -0.39 is 6.10 Å². The van der Waals surface area contributed by atoms with E-state index in [1.165, 1.54) is 154 Å². The van der Waals surface area contributed by atoms with Crippen LogP contribution in [0.5, 0.6) is 0 Å². The summed E-state index contributed by atoms with van der Waals surface area (Å²) in [7, 11) is 0. The van der Waals surface area contributed by atoms with Gasteiger partial charge in [0.1, 0.15) is 6.61 Å². The quantitative estimate of drug-likeness (QED) is 0.0380. The average Bonchev–Trinajstić information content (AvgIpc) is 3.19. The molecule has 0 aliphatic carbocycles. The molecule has 0 saturated carbocycles. The fourth-order valence-corrected chi connectivity index (χ4v) is 6.72. The standard InChI is InChI=1S/C50H90O5/c1-3-5-7-9-11-13-15-17-19-20-21-22-23-24-25-26-27-28-29-30-31-33-35-37-39-41-43-45-50(53)55-48(46-51)47-54-49(52)44-42-40-38-36-34-32-18-16-14-12-10-8-6-4-2/h10,12,15-18,20-21,48,51H,3-9,11,13-14,19,22-47H2,1-2H3/b12-10-,17-15-,18-16-,21-20-. The third-order valence-electron chi connectivity index (χ3n) is 10.3. The first-order chi connectivity index (χ1) is 27.1. The SMILES string of the molecule is CCCC/C=C\C/C=C\CCCCCCCC(=O)OCC(CO)OC(=O)CCCCCCCCCCCCCCCCC/C=C\C/C=C\CCCCCCC. The molecule has 0 rings (SSSR count). The molecule has 0 bridgehead atoms. The maximum atomic E-state index is 12.2. The van der Waals surface area contributed by atoms with Gasteiger partial charge in [0.2, 0.25) is 0 Å². The Bertz CT molecular complexity index is 919. The summed E-state index contributed by atoms with van der Waals surface area (Å²) in [6.45, 7) is 4.09. The molecular weight excluding hydrogens is 681 g/mol. The van der Waals surface area contributed by atoms with Crippen molar-refractivity contribution in [1.82, 2.24) is 0 Å². The van der Waals surface area contributed by atoms with Gasteiger partial charge in [0.05, 0.1) is 6.61 Å². The molecule has 320 valence electrons.